The van der Waals surface area contributed by atoms with Crippen LogP contribution in [0.2, 0.25) is 0 Å². The first-order chi connectivity index (χ1) is 10.2. The van der Waals surface area contributed by atoms with Crippen molar-refractivity contribution in [3.05, 3.63) is 65.4 Å². The number of fused-ring (bicyclic) bond motifs is 1. The van der Waals surface area contributed by atoms with E-state index in [0.717, 1.165) is 16.5 Å². The number of ether oxygens (including phenoxy) is 1. The zero-order valence-electron chi connectivity index (χ0n) is 11.6. The summed E-state index contributed by atoms with van der Waals surface area (Å²) in [6.07, 6.45) is 0. The molecule has 106 valence electrons. The highest BCUT2D eigenvalue weighted by Crippen LogP contribution is 2.31. The molecule has 0 aliphatic heterocycles. The van der Waals surface area contributed by atoms with E-state index in [1.807, 2.05) is 48.5 Å². The molecule has 0 aliphatic rings. The highest BCUT2D eigenvalue weighted by atomic mass is 16.5. The zero-order chi connectivity index (χ0) is 14.8. The molecule has 0 spiro atoms. The molecule has 0 saturated carbocycles. The third kappa shape index (κ3) is 2.48. The number of carboxylic acid groups (broad SMARTS) is 1. The van der Waals surface area contributed by atoms with Gasteiger partial charge in [0.2, 0.25) is 0 Å². The molecular weight excluding hydrogens is 266 g/mol. The Kier molecular flexibility index (Phi) is 3.36. The summed E-state index contributed by atoms with van der Waals surface area (Å²) in [7, 11) is 0. The van der Waals surface area contributed by atoms with Crippen LogP contribution in [0.5, 0.6) is 5.75 Å². The lowest BCUT2D eigenvalue weighted by molar-refractivity contribution is 0.0691. The molecule has 0 saturated heterocycles. The summed E-state index contributed by atoms with van der Waals surface area (Å²) in [5.74, 6) is -0.268. The molecule has 2 N–H and O–H groups in total. The van der Waals surface area contributed by atoms with Crippen molar-refractivity contribution in [2.24, 2.45) is 0 Å². The maximum absolute atomic E-state index is 11.2. The molecule has 0 atom stereocenters. The normalized spacial score (nSPS) is 10.7. The van der Waals surface area contributed by atoms with Crippen LogP contribution < -0.4 is 4.74 Å². The van der Waals surface area contributed by atoms with Crippen LogP contribution in [-0.2, 0) is 6.61 Å². The fourth-order valence-corrected chi connectivity index (χ4v) is 2.44. The van der Waals surface area contributed by atoms with Crippen LogP contribution in [0.15, 0.2) is 48.5 Å². The third-order valence-corrected chi connectivity index (χ3v) is 3.49. The van der Waals surface area contributed by atoms with Gasteiger partial charge in [-0.3, -0.25) is 0 Å². The topological polar surface area (TPSA) is 62.3 Å². The number of aromatic nitrogens is 1. The van der Waals surface area contributed by atoms with Gasteiger partial charge in [0, 0.05) is 5.39 Å². The Balaban J connectivity index is 1.97. The molecule has 3 aromatic rings. The summed E-state index contributed by atoms with van der Waals surface area (Å²) in [5.41, 5.74) is 2.75. The SMILES string of the molecule is Cc1c(C(=O)O)[nH]c2cccc(OCc3ccccc3)c12. The predicted molar refractivity (Wildman–Crippen MR) is 80.8 cm³/mol. The van der Waals surface area contributed by atoms with E-state index in [2.05, 4.69) is 4.98 Å². The van der Waals surface area contributed by atoms with Gasteiger partial charge in [-0.15, -0.1) is 0 Å². The largest absolute Gasteiger partial charge is 0.488 e. The number of rotatable bonds is 4. The fourth-order valence-electron chi connectivity index (χ4n) is 2.44. The first kappa shape index (κ1) is 13.2. The van der Waals surface area contributed by atoms with Crippen molar-refractivity contribution >= 4 is 16.9 Å². The Labute approximate surface area is 122 Å². The standard InChI is InChI=1S/C17H15NO3/c1-11-15-13(18-16(11)17(19)20)8-5-9-14(15)21-10-12-6-3-2-4-7-12/h2-9,18H,10H2,1H3,(H,19,20). The van der Waals surface area contributed by atoms with Crippen molar-refractivity contribution in [2.75, 3.05) is 0 Å². The Morgan fingerprint density at radius 3 is 2.62 bits per heavy atom. The van der Waals surface area contributed by atoms with E-state index in [4.69, 9.17) is 4.74 Å². The Morgan fingerprint density at radius 2 is 1.90 bits per heavy atom. The number of H-pyrrole nitrogens is 1. The molecule has 0 aliphatic carbocycles. The first-order valence-corrected chi connectivity index (χ1v) is 6.68. The van der Waals surface area contributed by atoms with Gasteiger partial charge in [-0.05, 0) is 30.2 Å². The number of aromatic amines is 1. The number of benzene rings is 2. The van der Waals surface area contributed by atoms with Gasteiger partial charge in [0.05, 0.1) is 5.52 Å². The first-order valence-electron chi connectivity index (χ1n) is 6.68. The number of carboxylic acids is 1. The van der Waals surface area contributed by atoms with Crippen molar-refractivity contribution in [1.29, 1.82) is 0 Å². The number of carbonyl (C=O) groups is 1. The van der Waals surface area contributed by atoms with Gasteiger partial charge in [-0.25, -0.2) is 4.79 Å². The summed E-state index contributed by atoms with van der Waals surface area (Å²) in [5, 5.41) is 10.0. The van der Waals surface area contributed by atoms with E-state index in [0.29, 0.717) is 17.9 Å². The van der Waals surface area contributed by atoms with Crippen molar-refractivity contribution < 1.29 is 14.6 Å². The van der Waals surface area contributed by atoms with E-state index in [-0.39, 0.29) is 5.69 Å². The lowest BCUT2D eigenvalue weighted by Gasteiger charge is -2.08. The predicted octanol–water partition coefficient (Wildman–Crippen LogP) is 3.75. The smallest absolute Gasteiger partial charge is 0.352 e. The van der Waals surface area contributed by atoms with Crippen molar-refractivity contribution in [3.63, 3.8) is 0 Å². The van der Waals surface area contributed by atoms with E-state index in [1.165, 1.54) is 0 Å². The Bertz CT molecular complexity index is 790. The van der Waals surface area contributed by atoms with Crippen LogP contribution in [0.1, 0.15) is 21.6 Å². The van der Waals surface area contributed by atoms with E-state index < -0.39 is 5.97 Å². The molecule has 0 amide bonds. The lowest BCUT2D eigenvalue weighted by Crippen LogP contribution is -1.98. The number of nitrogens with one attached hydrogen (secondary N) is 1. The minimum absolute atomic E-state index is 0.209. The van der Waals surface area contributed by atoms with Crippen molar-refractivity contribution in [2.45, 2.75) is 13.5 Å². The molecule has 0 bridgehead atoms. The number of aryl methyl sites for hydroxylation is 1. The van der Waals surface area contributed by atoms with Crippen LogP contribution >= 0.6 is 0 Å². The van der Waals surface area contributed by atoms with Gasteiger partial charge in [-0.1, -0.05) is 36.4 Å². The van der Waals surface area contributed by atoms with Gasteiger partial charge >= 0.3 is 5.97 Å². The van der Waals surface area contributed by atoms with Crippen LogP contribution in [-0.4, -0.2) is 16.1 Å². The zero-order valence-corrected chi connectivity index (χ0v) is 11.6. The Morgan fingerprint density at radius 1 is 1.14 bits per heavy atom. The third-order valence-electron chi connectivity index (χ3n) is 3.49. The number of aromatic carboxylic acids is 1. The van der Waals surface area contributed by atoms with Crippen LogP contribution in [0.4, 0.5) is 0 Å². The fraction of sp³-hybridized carbons (Fsp3) is 0.118. The van der Waals surface area contributed by atoms with Gasteiger partial charge in [-0.2, -0.15) is 0 Å². The highest BCUT2D eigenvalue weighted by Gasteiger charge is 2.16. The molecule has 1 aromatic heterocycles. The van der Waals surface area contributed by atoms with Crippen LogP contribution in [0.25, 0.3) is 10.9 Å². The molecule has 0 fully saturated rings. The van der Waals surface area contributed by atoms with Crippen molar-refractivity contribution in [1.82, 2.24) is 4.98 Å². The molecular formula is C17H15NO3. The molecule has 3 rings (SSSR count). The summed E-state index contributed by atoms with van der Waals surface area (Å²) in [4.78, 5) is 14.1. The van der Waals surface area contributed by atoms with Crippen molar-refractivity contribution in [3.8, 4) is 5.75 Å². The number of hydrogen-bond acceptors (Lipinski definition) is 2. The molecule has 0 unspecified atom stereocenters. The summed E-state index contributed by atoms with van der Waals surface area (Å²) < 4.78 is 5.87. The van der Waals surface area contributed by atoms with E-state index >= 15 is 0 Å². The quantitative estimate of drug-likeness (QED) is 0.765. The maximum Gasteiger partial charge on any atom is 0.352 e. The second-order valence-electron chi connectivity index (χ2n) is 4.88. The molecule has 4 nitrogen and oxygen atoms in total. The second-order valence-corrected chi connectivity index (χ2v) is 4.88. The van der Waals surface area contributed by atoms with Crippen LogP contribution in [0, 0.1) is 6.92 Å². The maximum atomic E-state index is 11.2. The Hall–Kier alpha value is -2.75. The molecule has 21 heavy (non-hydrogen) atoms. The van der Waals surface area contributed by atoms with Gasteiger partial charge in [0.1, 0.15) is 18.1 Å². The van der Waals surface area contributed by atoms with Crippen LogP contribution in [0.3, 0.4) is 0 Å². The second kappa shape index (κ2) is 5.32. The average Bonchev–Trinajstić information content (AvgIpc) is 2.84. The highest BCUT2D eigenvalue weighted by molar-refractivity contribution is 5.99. The van der Waals surface area contributed by atoms with Gasteiger partial charge < -0.3 is 14.8 Å². The lowest BCUT2D eigenvalue weighted by atomic mass is 10.1. The molecule has 1 heterocycles. The molecule has 2 aromatic carbocycles. The van der Waals surface area contributed by atoms with Gasteiger partial charge in [0.25, 0.3) is 0 Å². The molecule has 4 heteroatoms. The summed E-state index contributed by atoms with van der Waals surface area (Å²) >= 11 is 0. The van der Waals surface area contributed by atoms with E-state index in [1.54, 1.807) is 6.92 Å². The summed E-state index contributed by atoms with van der Waals surface area (Å²) in [6, 6.07) is 15.4. The minimum Gasteiger partial charge on any atom is -0.488 e. The summed E-state index contributed by atoms with van der Waals surface area (Å²) in [6.45, 7) is 2.24. The number of hydrogen-bond donors (Lipinski definition) is 2. The monoisotopic (exact) mass is 281 g/mol. The van der Waals surface area contributed by atoms with Gasteiger partial charge in [0.15, 0.2) is 0 Å². The minimum atomic E-state index is -0.960. The van der Waals surface area contributed by atoms with E-state index in [9.17, 15) is 9.90 Å². The molecule has 0 radical (unpaired) electrons. The average molecular weight is 281 g/mol.